The standard InChI is InChI=1S/C16H12BrFN2S.BrH/c1-20-15(11-2-4-12(17)5-3-11)10-21-16(20)19-14-8-6-13(18)7-9-14;/h2-10H,1H3;1H. The quantitative estimate of drug-likeness (QED) is 0.500. The Balaban J connectivity index is 0.00000176. The fourth-order valence-electron chi connectivity index (χ4n) is 1.98. The maximum atomic E-state index is 12.9. The predicted octanol–water partition coefficient (Wildman–Crippen LogP) is 5.47. The van der Waals surface area contributed by atoms with E-state index in [-0.39, 0.29) is 22.8 Å². The average Bonchev–Trinajstić information content (AvgIpc) is 2.84. The van der Waals surface area contributed by atoms with E-state index in [0.717, 1.165) is 26.2 Å². The summed E-state index contributed by atoms with van der Waals surface area (Å²) in [6.45, 7) is 0. The van der Waals surface area contributed by atoms with Crippen molar-refractivity contribution >= 4 is 49.9 Å². The van der Waals surface area contributed by atoms with Crippen LogP contribution in [0, 0.1) is 5.82 Å². The van der Waals surface area contributed by atoms with Crippen LogP contribution in [0.4, 0.5) is 10.1 Å². The van der Waals surface area contributed by atoms with Crippen molar-refractivity contribution in [2.75, 3.05) is 0 Å². The monoisotopic (exact) mass is 442 g/mol. The summed E-state index contributed by atoms with van der Waals surface area (Å²) in [5.41, 5.74) is 2.99. The van der Waals surface area contributed by atoms with Crippen molar-refractivity contribution < 1.29 is 4.39 Å². The van der Waals surface area contributed by atoms with Gasteiger partial charge in [0.05, 0.1) is 11.4 Å². The van der Waals surface area contributed by atoms with Crippen LogP contribution in [-0.2, 0) is 7.05 Å². The first-order valence-corrected chi connectivity index (χ1v) is 8.01. The Kier molecular flexibility index (Phi) is 5.72. The van der Waals surface area contributed by atoms with Gasteiger partial charge in [0, 0.05) is 16.9 Å². The second-order valence-corrected chi connectivity index (χ2v) is 6.31. The number of hydrogen-bond acceptors (Lipinski definition) is 2. The van der Waals surface area contributed by atoms with E-state index in [1.165, 1.54) is 12.1 Å². The zero-order valence-corrected chi connectivity index (χ0v) is 15.8. The van der Waals surface area contributed by atoms with Crippen molar-refractivity contribution in [3.63, 3.8) is 0 Å². The van der Waals surface area contributed by atoms with Gasteiger partial charge in [0.1, 0.15) is 5.82 Å². The molecule has 0 saturated carbocycles. The molecule has 22 heavy (non-hydrogen) atoms. The molecule has 0 radical (unpaired) electrons. The van der Waals surface area contributed by atoms with Crippen molar-refractivity contribution in [2.45, 2.75) is 0 Å². The molecule has 0 aliphatic carbocycles. The fraction of sp³-hybridized carbons (Fsp3) is 0.0625. The lowest BCUT2D eigenvalue weighted by Crippen LogP contribution is -2.10. The number of nitrogens with zero attached hydrogens (tertiary/aromatic N) is 2. The minimum Gasteiger partial charge on any atom is -0.320 e. The lowest BCUT2D eigenvalue weighted by Gasteiger charge is -2.03. The number of aromatic nitrogens is 1. The lowest BCUT2D eigenvalue weighted by atomic mass is 10.2. The molecular weight excluding hydrogens is 431 g/mol. The van der Waals surface area contributed by atoms with E-state index in [1.807, 2.05) is 23.7 Å². The lowest BCUT2D eigenvalue weighted by molar-refractivity contribution is 0.628. The Labute approximate surface area is 150 Å². The highest BCUT2D eigenvalue weighted by atomic mass is 79.9. The van der Waals surface area contributed by atoms with E-state index in [4.69, 9.17) is 0 Å². The molecule has 0 atom stereocenters. The highest BCUT2D eigenvalue weighted by Gasteiger charge is 2.04. The summed E-state index contributed by atoms with van der Waals surface area (Å²) in [5.74, 6) is -0.250. The molecule has 0 unspecified atom stereocenters. The minimum atomic E-state index is -0.250. The Morgan fingerprint density at radius 3 is 2.32 bits per heavy atom. The van der Waals surface area contributed by atoms with Crippen LogP contribution >= 0.6 is 44.2 Å². The zero-order valence-electron chi connectivity index (χ0n) is 11.7. The molecule has 0 aliphatic heterocycles. The van der Waals surface area contributed by atoms with Crippen molar-refractivity contribution in [3.8, 4) is 11.3 Å². The van der Waals surface area contributed by atoms with Crippen LogP contribution < -0.4 is 4.80 Å². The first-order valence-electron chi connectivity index (χ1n) is 6.34. The number of thiazole rings is 1. The number of rotatable bonds is 2. The maximum absolute atomic E-state index is 12.9. The molecule has 0 fully saturated rings. The van der Waals surface area contributed by atoms with Gasteiger partial charge in [-0.05, 0) is 42.0 Å². The number of hydrogen-bond donors (Lipinski definition) is 0. The normalized spacial score (nSPS) is 11.3. The third kappa shape index (κ3) is 3.74. The van der Waals surface area contributed by atoms with Gasteiger partial charge in [-0.15, -0.1) is 28.3 Å². The summed E-state index contributed by atoms with van der Waals surface area (Å²) < 4.78 is 16.0. The molecule has 2 aromatic carbocycles. The van der Waals surface area contributed by atoms with E-state index in [9.17, 15) is 4.39 Å². The summed E-state index contributed by atoms with van der Waals surface area (Å²) in [6, 6.07) is 14.3. The van der Waals surface area contributed by atoms with Crippen molar-refractivity contribution in [1.29, 1.82) is 0 Å². The van der Waals surface area contributed by atoms with E-state index in [0.29, 0.717) is 0 Å². The van der Waals surface area contributed by atoms with E-state index >= 15 is 0 Å². The Morgan fingerprint density at radius 1 is 1.05 bits per heavy atom. The molecule has 1 heterocycles. The van der Waals surface area contributed by atoms with Crippen molar-refractivity contribution in [3.05, 3.63) is 69.0 Å². The average molecular weight is 444 g/mol. The summed E-state index contributed by atoms with van der Waals surface area (Å²) in [5, 5.41) is 2.07. The van der Waals surface area contributed by atoms with Crippen LogP contribution in [0.2, 0.25) is 0 Å². The molecule has 0 bridgehead atoms. The van der Waals surface area contributed by atoms with Gasteiger partial charge in [-0.3, -0.25) is 0 Å². The van der Waals surface area contributed by atoms with Crippen LogP contribution in [0.1, 0.15) is 0 Å². The molecular formula is C16H13Br2FN2S. The molecule has 0 aliphatic rings. The Morgan fingerprint density at radius 2 is 1.68 bits per heavy atom. The topological polar surface area (TPSA) is 17.3 Å². The molecule has 114 valence electrons. The smallest absolute Gasteiger partial charge is 0.190 e. The summed E-state index contributed by atoms with van der Waals surface area (Å²) in [7, 11) is 1.98. The Bertz CT molecular complexity index is 821. The molecule has 0 N–H and O–H groups in total. The minimum absolute atomic E-state index is 0. The molecule has 0 saturated heterocycles. The highest BCUT2D eigenvalue weighted by Crippen LogP contribution is 2.22. The van der Waals surface area contributed by atoms with E-state index < -0.39 is 0 Å². The molecule has 3 aromatic rings. The van der Waals surface area contributed by atoms with E-state index in [1.54, 1.807) is 23.5 Å². The number of halogens is 3. The van der Waals surface area contributed by atoms with Gasteiger partial charge in [-0.25, -0.2) is 9.38 Å². The third-order valence-electron chi connectivity index (χ3n) is 3.12. The van der Waals surface area contributed by atoms with Gasteiger partial charge in [0.15, 0.2) is 4.80 Å². The van der Waals surface area contributed by atoms with Crippen LogP contribution in [0.5, 0.6) is 0 Å². The van der Waals surface area contributed by atoms with Gasteiger partial charge in [0.2, 0.25) is 0 Å². The largest absolute Gasteiger partial charge is 0.320 e. The SMILES string of the molecule is Br.Cn1c(-c2ccc(Br)cc2)csc1=Nc1ccc(F)cc1. The summed E-state index contributed by atoms with van der Waals surface area (Å²) in [6.07, 6.45) is 0. The van der Waals surface area contributed by atoms with Crippen LogP contribution in [0.25, 0.3) is 11.3 Å². The molecule has 0 spiro atoms. The molecule has 1 aromatic heterocycles. The summed E-state index contributed by atoms with van der Waals surface area (Å²) in [4.78, 5) is 5.43. The third-order valence-corrected chi connectivity index (χ3v) is 4.56. The van der Waals surface area contributed by atoms with Crippen molar-refractivity contribution in [1.82, 2.24) is 4.57 Å². The van der Waals surface area contributed by atoms with Gasteiger partial charge in [-0.1, -0.05) is 28.1 Å². The maximum Gasteiger partial charge on any atom is 0.190 e. The predicted molar refractivity (Wildman–Crippen MR) is 98.4 cm³/mol. The molecule has 2 nitrogen and oxygen atoms in total. The van der Waals surface area contributed by atoms with Crippen LogP contribution in [-0.4, -0.2) is 4.57 Å². The van der Waals surface area contributed by atoms with Gasteiger partial charge in [0.25, 0.3) is 0 Å². The van der Waals surface area contributed by atoms with Gasteiger partial charge in [-0.2, -0.15) is 0 Å². The van der Waals surface area contributed by atoms with E-state index in [2.05, 4.69) is 38.4 Å². The zero-order chi connectivity index (χ0) is 14.8. The van der Waals surface area contributed by atoms with Gasteiger partial charge >= 0.3 is 0 Å². The van der Waals surface area contributed by atoms with Crippen LogP contribution in [0.15, 0.2) is 63.4 Å². The fourth-order valence-corrected chi connectivity index (χ4v) is 3.17. The molecule has 3 rings (SSSR count). The number of benzene rings is 2. The molecule has 0 amide bonds. The highest BCUT2D eigenvalue weighted by molar-refractivity contribution is 9.10. The second-order valence-electron chi connectivity index (χ2n) is 4.56. The first-order chi connectivity index (χ1) is 10.1. The van der Waals surface area contributed by atoms with Crippen molar-refractivity contribution in [2.24, 2.45) is 12.0 Å². The molecule has 6 heteroatoms. The Hall–Kier alpha value is -1.24. The first kappa shape index (κ1) is 17.1. The summed E-state index contributed by atoms with van der Waals surface area (Å²) >= 11 is 5.00. The van der Waals surface area contributed by atoms with Crippen LogP contribution in [0.3, 0.4) is 0 Å². The second kappa shape index (κ2) is 7.35. The van der Waals surface area contributed by atoms with Gasteiger partial charge < -0.3 is 4.57 Å².